The van der Waals surface area contributed by atoms with Crippen LogP contribution in [0.3, 0.4) is 0 Å². The van der Waals surface area contributed by atoms with Gasteiger partial charge in [0, 0.05) is 11.8 Å². The molecule has 1 N–H and O–H groups in total. The van der Waals surface area contributed by atoms with Crippen LogP contribution in [0.25, 0.3) is 0 Å². The standard InChI is InChI=1S/C15H16F2N2O/c1-3-18-14(10-6-4-7-11(16)13(10)17)15-12(20-2)8-5-9-19-15/h4-9,14,18H,3H2,1-2H3. The maximum atomic E-state index is 14.0. The van der Waals surface area contributed by atoms with Gasteiger partial charge in [-0.1, -0.05) is 19.1 Å². The van der Waals surface area contributed by atoms with Crippen LogP contribution in [-0.2, 0) is 0 Å². The van der Waals surface area contributed by atoms with Crippen molar-refractivity contribution in [1.29, 1.82) is 0 Å². The van der Waals surface area contributed by atoms with Gasteiger partial charge in [0.15, 0.2) is 11.6 Å². The molecule has 0 radical (unpaired) electrons. The minimum atomic E-state index is -0.875. The van der Waals surface area contributed by atoms with Crippen LogP contribution in [0, 0.1) is 11.6 Å². The maximum absolute atomic E-state index is 14.0. The molecule has 0 saturated heterocycles. The number of hydrogen-bond donors (Lipinski definition) is 1. The molecule has 0 fully saturated rings. The molecule has 0 saturated carbocycles. The van der Waals surface area contributed by atoms with E-state index < -0.39 is 17.7 Å². The monoisotopic (exact) mass is 278 g/mol. The Hall–Kier alpha value is -2.01. The number of methoxy groups -OCH3 is 1. The molecule has 0 amide bonds. The van der Waals surface area contributed by atoms with Crippen LogP contribution >= 0.6 is 0 Å². The van der Waals surface area contributed by atoms with Crippen molar-refractivity contribution in [2.24, 2.45) is 0 Å². The van der Waals surface area contributed by atoms with Crippen LogP contribution < -0.4 is 10.1 Å². The lowest BCUT2D eigenvalue weighted by molar-refractivity contribution is 0.398. The minimum absolute atomic E-state index is 0.212. The quantitative estimate of drug-likeness (QED) is 0.912. The summed E-state index contributed by atoms with van der Waals surface area (Å²) in [5.74, 6) is -1.21. The summed E-state index contributed by atoms with van der Waals surface area (Å²) in [5.41, 5.74) is 0.741. The van der Waals surface area contributed by atoms with E-state index in [0.29, 0.717) is 18.0 Å². The van der Waals surface area contributed by atoms with E-state index in [1.165, 1.54) is 13.2 Å². The predicted octanol–water partition coefficient (Wildman–Crippen LogP) is 3.07. The molecule has 0 spiro atoms. The lowest BCUT2D eigenvalue weighted by atomic mass is 10.0. The van der Waals surface area contributed by atoms with Crippen molar-refractivity contribution < 1.29 is 13.5 Å². The largest absolute Gasteiger partial charge is 0.495 e. The van der Waals surface area contributed by atoms with Gasteiger partial charge in [-0.05, 0) is 24.7 Å². The fraction of sp³-hybridized carbons (Fsp3) is 0.267. The summed E-state index contributed by atoms with van der Waals surface area (Å²) in [6.07, 6.45) is 1.60. The van der Waals surface area contributed by atoms with E-state index in [-0.39, 0.29) is 5.56 Å². The highest BCUT2D eigenvalue weighted by atomic mass is 19.2. The Labute approximate surface area is 116 Å². The molecule has 1 aromatic carbocycles. The highest BCUT2D eigenvalue weighted by Gasteiger charge is 2.23. The minimum Gasteiger partial charge on any atom is -0.495 e. The van der Waals surface area contributed by atoms with Crippen molar-refractivity contribution in [3.05, 3.63) is 59.4 Å². The second kappa shape index (κ2) is 6.43. The first-order chi connectivity index (χ1) is 9.69. The zero-order valence-electron chi connectivity index (χ0n) is 11.4. The zero-order chi connectivity index (χ0) is 14.5. The molecule has 106 valence electrons. The molecule has 0 bridgehead atoms. The van der Waals surface area contributed by atoms with Crippen molar-refractivity contribution in [3.63, 3.8) is 0 Å². The summed E-state index contributed by atoms with van der Waals surface area (Å²) in [7, 11) is 1.52. The van der Waals surface area contributed by atoms with Gasteiger partial charge < -0.3 is 10.1 Å². The third kappa shape index (κ3) is 2.77. The van der Waals surface area contributed by atoms with E-state index >= 15 is 0 Å². The Morgan fingerprint density at radius 3 is 2.75 bits per heavy atom. The number of pyridine rings is 1. The number of nitrogens with zero attached hydrogens (tertiary/aromatic N) is 1. The van der Waals surface area contributed by atoms with Gasteiger partial charge in [-0.25, -0.2) is 8.78 Å². The van der Waals surface area contributed by atoms with Crippen molar-refractivity contribution in [3.8, 4) is 5.75 Å². The van der Waals surface area contributed by atoms with E-state index in [2.05, 4.69) is 10.3 Å². The molecule has 5 heteroatoms. The van der Waals surface area contributed by atoms with Crippen LogP contribution in [0.1, 0.15) is 24.2 Å². The molecule has 1 unspecified atom stereocenters. The Kier molecular flexibility index (Phi) is 4.63. The average Bonchev–Trinajstić information content (AvgIpc) is 2.48. The van der Waals surface area contributed by atoms with Crippen molar-refractivity contribution >= 4 is 0 Å². The van der Waals surface area contributed by atoms with Gasteiger partial charge in [0.05, 0.1) is 13.2 Å². The molecule has 0 aliphatic carbocycles. The number of halogens is 2. The Balaban J connectivity index is 2.53. The predicted molar refractivity (Wildman–Crippen MR) is 72.7 cm³/mol. The normalized spacial score (nSPS) is 12.2. The van der Waals surface area contributed by atoms with Crippen LogP contribution in [0.4, 0.5) is 8.78 Å². The summed E-state index contributed by atoms with van der Waals surface area (Å²) in [6, 6.07) is 7.02. The highest BCUT2D eigenvalue weighted by molar-refractivity contribution is 5.37. The van der Waals surface area contributed by atoms with E-state index in [4.69, 9.17) is 4.74 Å². The number of nitrogens with one attached hydrogen (secondary N) is 1. The summed E-state index contributed by atoms with van der Waals surface area (Å²) >= 11 is 0. The first-order valence-electron chi connectivity index (χ1n) is 6.35. The zero-order valence-corrected chi connectivity index (χ0v) is 11.4. The third-order valence-corrected chi connectivity index (χ3v) is 2.99. The topological polar surface area (TPSA) is 34.2 Å². The van der Waals surface area contributed by atoms with Gasteiger partial charge in [0.25, 0.3) is 0 Å². The van der Waals surface area contributed by atoms with Gasteiger partial charge >= 0.3 is 0 Å². The molecule has 1 atom stereocenters. The van der Waals surface area contributed by atoms with Gasteiger partial charge in [-0.2, -0.15) is 0 Å². The van der Waals surface area contributed by atoms with Gasteiger partial charge in [0.1, 0.15) is 11.4 Å². The smallest absolute Gasteiger partial charge is 0.163 e. The van der Waals surface area contributed by atoms with Crippen molar-refractivity contribution in [1.82, 2.24) is 10.3 Å². The molecule has 3 nitrogen and oxygen atoms in total. The molecular formula is C15H16F2N2O. The van der Waals surface area contributed by atoms with Gasteiger partial charge in [-0.15, -0.1) is 0 Å². The Morgan fingerprint density at radius 2 is 2.05 bits per heavy atom. The summed E-state index contributed by atoms with van der Waals surface area (Å²) < 4.78 is 32.7. The van der Waals surface area contributed by atoms with Gasteiger partial charge in [-0.3, -0.25) is 4.98 Å². The van der Waals surface area contributed by atoms with Crippen molar-refractivity contribution in [2.45, 2.75) is 13.0 Å². The maximum Gasteiger partial charge on any atom is 0.163 e. The first-order valence-corrected chi connectivity index (χ1v) is 6.35. The SMILES string of the molecule is CCNC(c1cccc(F)c1F)c1ncccc1OC. The lowest BCUT2D eigenvalue weighted by Crippen LogP contribution is -2.24. The molecule has 20 heavy (non-hydrogen) atoms. The number of benzene rings is 1. The number of rotatable bonds is 5. The first kappa shape index (κ1) is 14.4. The number of aromatic nitrogens is 1. The van der Waals surface area contributed by atoms with E-state index in [1.807, 2.05) is 6.92 Å². The fourth-order valence-electron chi connectivity index (χ4n) is 2.09. The van der Waals surface area contributed by atoms with Gasteiger partial charge in [0.2, 0.25) is 0 Å². The van der Waals surface area contributed by atoms with Crippen LogP contribution in [0.2, 0.25) is 0 Å². The molecule has 2 aromatic rings. The Bertz CT molecular complexity index is 590. The number of ether oxygens (including phenoxy) is 1. The summed E-state index contributed by atoms with van der Waals surface area (Å²) in [5, 5.41) is 3.11. The van der Waals surface area contributed by atoms with E-state index in [0.717, 1.165) is 6.07 Å². The molecular weight excluding hydrogens is 262 g/mol. The molecule has 1 aromatic heterocycles. The van der Waals surface area contributed by atoms with Crippen LogP contribution in [-0.4, -0.2) is 18.6 Å². The Morgan fingerprint density at radius 1 is 1.25 bits per heavy atom. The van der Waals surface area contributed by atoms with E-state index in [9.17, 15) is 8.78 Å². The second-order valence-electron chi connectivity index (χ2n) is 4.22. The van der Waals surface area contributed by atoms with E-state index in [1.54, 1.807) is 24.4 Å². The number of hydrogen-bond acceptors (Lipinski definition) is 3. The highest BCUT2D eigenvalue weighted by Crippen LogP contribution is 2.30. The lowest BCUT2D eigenvalue weighted by Gasteiger charge is -2.20. The fourth-order valence-corrected chi connectivity index (χ4v) is 2.09. The molecule has 1 heterocycles. The molecule has 0 aliphatic rings. The molecule has 0 aliphatic heterocycles. The van der Waals surface area contributed by atoms with Crippen molar-refractivity contribution in [2.75, 3.05) is 13.7 Å². The summed E-state index contributed by atoms with van der Waals surface area (Å²) in [4.78, 5) is 4.24. The average molecular weight is 278 g/mol. The van der Waals surface area contributed by atoms with Crippen LogP contribution in [0.15, 0.2) is 36.5 Å². The third-order valence-electron chi connectivity index (χ3n) is 2.99. The summed E-state index contributed by atoms with van der Waals surface area (Å²) in [6.45, 7) is 2.47. The second-order valence-corrected chi connectivity index (χ2v) is 4.22. The molecule has 2 rings (SSSR count). The van der Waals surface area contributed by atoms with Crippen LogP contribution in [0.5, 0.6) is 5.75 Å².